The first-order chi connectivity index (χ1) is 18.5. The molecule has 0 fully saturated rings. The number of carbonyl (C=O) groups excluding carboxylic acids is 2. The number of furan rings is 1. The number of esters is 1. The number of benzene rings is 2. The zero-order chi connectivity index (χ0) is 28.3. The summed E-state index contributed by atoms with van der Waals surface area (Å²) in [5.74, 6) is 0.789. The third-order valence-electron chi connectivity index (χ3n) is 5.79. The second-order valence-corrected chi connectivity index (χ2v) is 11.1. The van der Waals surface area contributed by atoms with Gasteiger partial charge in [0, 0.05) is 23.9 Å². The fraction of sp³-hybridized carbons (Fsp3) is 0.345. The Bertz CT molecular complexity index is 1520. The molecule has 1 amide bonds. The van der Waals surface area contributed by atoms with Gasteiger partial charge in [-0.25, -0.2) is 14.6 Å². The van der Waals surface area contributed by atoms with Crippen molar-refractivity contribution in [3.8, 4) is 11.3 Å². The molecule has 0 radical (unpaired) electrons. The Kier molecular flexibility index (Phi) is 8.71. The van der Waals surface area contributed by atoms with E-state index < -0.39 is 17.7 Å². The van der Waals surface area contributed by atoms with E-state index in [0.717, 1.165) is 27.7 Å². The highest BCUT2D eigenvalue weighted by molar-refractivity contribution is 9.10. The monoisotopic (exact) mass is 615 g/mol. The number of hydrogen-bond acceptors (Lipinski definition) is 6. The number of rotatable bonds is 8. The zero-order valence-electron chi connectivity index (χ0n) is 22.6. The average Bonchev–Trinajstić information content (AvgIpc) is 3.34. The largest absolute Gasteiger partial charge is 0.461 e. The fourth-order valence-electron chi connectivity index (χ4n) is 4.22. The van der Waals surface area contributed by atoms with Gasteiger partial charge in [0.15, 0.2) is 16.6 Å². The van der Waals surface area contributed by atoms with Crippen LogP contribution in [0.4, 0.5) is 10.5 Å². The van der Waals surface area contributed by atoms with Gasteiger partial charge in [0.1, 0.15) is 17.0 Å². The number of hydrogen-bond donors (Lipinski definition) is 1. The number of anilines is 1. The Morgan fingerprint density at radius 3 is 2.59 bits per heavy atom. The van der Waals surface area contributed by atoms with E-state index in [-0.39, 0.29) is 17.5 Å². The maximum Gasteiger partial charge on any atom is 0.412 e. The molecular formula is C29H31BrClN3O5. The molecule has 2 aromatic carbocycles. The molecule has 0 bridgehead atoms. The van der Waals surface area contributed by atoms with Gasteiger partial charge in [0.25, 0.3) is 0 Å². The van der Waals surface area contributed by atoms with E-state index in [1.165, 1.54) is 0 Å². The Hall–Kier alpha value is -3.30. The molecule has 0 aliphatic carbocycles. The van der Waals surface area contributed by atoms with Crippen LogP contribution < -0.4 is 5.32 Å². The van der Waals surface area contributed by atoms with Gasteiger partial charge in [-0.05, 0) is 79.9 Å². The first kappa shape index (κ1) is 28.7. The summed E-state index contributed by atoms with van der Waals surface area (Å²) in [5, 5.41) is 3.80. The Morgan fingerprint density at radius 1 is 1.15 bits per heavy atom. The molecule has 39 heavy (non-hydrogen) atoms. The average molecular weight is 617 g/mol. The number of halogens is 2. The molecule has 4 aromatic rings. The highest BCUT2D eigenvalue weighted by atomic mass is 79.9. The molecule has 2 heterocycles. The number of aromatic nitrogens is 2. The maximum atomic E-state index is 12.7. The van der Waals surface area contributed by atoms with Crippen molar-refractivity contribution in [2.24, 2.45) is 0 Å². The lowest BCUT2D eigenvalue weighted by Crippen LogP contribution is -2.27. The van der Waals surface area contributed by atoms with Gasteiger partial charge in [-0.15, -0.1) is 0 Å². The van der Waals surface area contributed by atoms with E-state index in [1.807, 2.05) is 68.7 Å². The van der Waals surface area contributed by atoms with Crippen LogP contribution in [-0.2, 0) is 22.4 Å². The van der Waals surface area contributed by atoms with Crippen molar-refractivity contribution in [1.82, 2.24) is 9.55 Å². The molecule has 0 aliphatic rings. The van der Waals surface area contributed by atoms with Crippen LogP contribution in [0, 0.1) is 0 Å². The molecule has 2 aromatic heterocycles. The molecule has 4 rings (SSSR count). The van der Waals surface area contributed by atoms with Crippen molar-refractivity contribution < 1.29 is 23.5 Å². The summed E-state index contributed by atoms with van der Waals surface area (Å²) in [5.41, 5.74) is 2.46. The smallest absolute Gasteiger partial charge is 0.412 e. The molecule has 0 atom stereocenters. The molecule has 0 aliphatic heterocycles. The molecule has 0 unspecified atom stereocenters. The van der Waals surface area contributed by atoms with Crippen LogP contribution in [0.5, 0.6) is 0 Å². The first-order valence-electron chi connectivity index (χ1n) is 12.7. The number of para-hydroxylation sites is 1. The normalized spacial score (nSPS) is 11.6. The minimum absolute atomic E-state index is 0.138. The van der Waals surface area contributed by atoms with E-state index in [9.17, 15) is 9.59 Å². The third-order valence-corrected chi connectivity index (χ3v) is 6.84. The van der Waals surface area contributed by atoms with Crippen LogP contribution in [0.25, 0.3) is 22.3 Å². The Morgan fingerprint density at radius 2 is 1.90 bits per heavy atom. The van der Waals surface area contributed by atoms with Crippen molar-refractivity contribution in [3.05, 3.63) is 69.2 Å². The van der Waals surface area contributed by atoms with Crippen molar-refractivity contribution >= 4 is 56.3 Å². The molecule has 10 heteroatoms. The highest BCUT2D eigenvalue weighted by Gasteiger charge is 2.24. The second kappa shape index (κ2) is 11.8. The van der Waals surface area contributed by atoms with Crippen LogP contribution in [0.3, 0.4) is 0 Å². The molecule has 8 nitrogen and oxygen atoms in total. The molecule has 0 saturated heterocycles. The predicted octanol–water partition coefficient (Wildman–Crippen LogP) is 8.24. The topological polar surface area (TPSA) is 95.6 Å². The summed E-state index contributed by atoms with van der Waals surface area (Å²) in [6, 6.07) is 13.2. The lowest BCUT2D eigenvalue weighted by Gasteiger charge is -2.20. The van der Waals surface area contributed by atoms with E-state index >= 15 is 0 Å². The van der Waals surface area contributed by atoms with Gasteiger partial charge in [0.2, 0.25) is 0 Å². The molecule has 0 saturated carbocycles. The van der Waals surface area contributed by atoms with E-state index in [1.54, 1.807) is 13.0 Å². The van der Waals surface area contributed by atoms with Gasteiger partial charge < -0.3 is 18.5 Å². The number of nitrogens with one attached hydrogen (secondary N) is 1. The van der Waals surface area contributed by atoms with E-state index in [2.05, 4.69) is 26.2 Å². The summed E-state index contributed by atoms with van der Waals surface area (Å²) in [7, 11) is 0. The maximum absolute atomic E-state index is 12.7. The van der Waals surface area contributed by atoms with Crippen LogP contribution >= 0.6 is 27.5 Å². The summed E-state index contributed by atoms with van der Waals surface area (Å²) >= 11 is 10.1. The first-order valence-corrected chi connectivity index (χ1v) is 13.9. The number of aryl methyl sites for hydroxylation is 1. The van der Waals surface area contributed by atoms with Crippen molar-refractivity contribution in [1.29, 1.82) is 0 Å². The lowest BCUT2D eigenvalue weighted by atomic mass is 10.1. The van der Waals surface area contributed by atoms with Gasteiger partial charge in [-0.2, -0.15) is 0 Å². The highest BCUT2D eigenvalue weighted by Crippen LogP contribution is 2.41. The number of fused-ring (bicyclic) bond motifs is 1. The molecular weight excluding hydrogens is 586 g/mol. The van der Waals surface area contributed by atoms with Crippen LogP contribution in [0.1, 0.15) is 62.9 Å². The van der Waals surface area contributed by atoms with Crippen LogP contribution in [-0.4, -0.2) is 33.8 Å². The minimum Gasteiger partial charge on any atom is -0.461 e. The number of carbonyl (C=O) groups is 2. The van der Waals surface area contributed by atoms with E-state index in [0.29, 0.717) is 35.6 Å². The second-order valence-electron chi connectivity index (χ2n) is 9.97. The SMILES string of the molecule is CCCc1nc(Cl)c(C(=O)OCC)n1Cc1ccc2oc(-c3ccccc3NC(=O)OC(C)(C)C)c(Br)c2c1. The Labute approximate surface area is 240 Å². The summed E-state index contributed by atoms with van der Waals surface area (Å²) in [4.78, 5) is 29.6. The van der Waals surface area contributed by atoms with Gasteiger partial charge in [-0.3, -0.25) is 5.32 Å². The number of nitrogens with zero attached hydrogens (tertiary/aromatic N) is 2. The predicted molar refractivity (Wildman–Crippen MR) is 155 cm³/mol. The minimum atomic E-state index is -0.626. The number of amides is 1. The van der Waals surface area contributed by atoms with Gasteiger partial charge >= 0.3 is 12.1 Å². The molecule has 1 N–H and O–H groups in total. The molecule has 0 spiro atoms. The summed E-state index contributed by atoms with van der Waals surface area (Å²) < 4.78 is 19.4. The number of ether oxygens (including phenoxy) is 2. The summed E-state index contributed by atoms with van der Waals surface area (Å²) in [6.07, 6.45) is 0.966. The lowest BCUT2D eigenvalue weighted by molar-refractivity contribution is 0.0513. The standard InChI is InChI=1S/C29H31BrClN3O5/c1-6-10-22-33-26(31)24(27(35)37-7-2)34(22)16-17-13-14-21-19(15-17)23(30)25(38-21)18-11-8-9-12-20(18)32-28(36)39-29(3,4)5/h8-9,11-15H,6-7,10,16H2,1-5H3,(H,32,36). The van der Waals surface area contributed by atoms with Crippen LogP contribution in [0.15, 0.2) is 51.4 Å². The Balaban J connectivity index is 1.71. The fourth-order valence-corrected chi connectivity index (χ4v) is 5.10. The van der Waals surface area contributed by atoms with Crippen molar-refractivity contribution in [2.75, 3.05) is 11.9 Å². The van der Waals surface area contributed by atoms with Gasteiger partial charge in [-0.1, -0.05) is 36.7 Å². The van der Waals surface area contributed by atoms with Crippen molar-refractivity contribution in [3.63, 3.8) is 0 Å². The van der Waals surface area contributed by atoms with Gasteiger partial charge in [0.05, 0.1) is 16.8 Å². The third kappa shape index (κ3) is 6.47. The molecule has 206 valence electrons. The zero-order valence-corrected chi connectivity index (χ0v) is 24.9. The quantitative estimate of drug-likeness (QED) is 0.200. The van der Waals surface area contributed by atoms with Crippen molar-refractivity contribution in [2.45, 2.75) is 59.6 Å². The number of imidazole rings is 1. The summed E-state index contributed by atoms with van der Waals surface area (Å²) in [6.45, 7) is 9.85. The van der Waals surface area contributed by atoms with E-state index in [4.69, 9.17) is 25.5 Å². The van der Waals surface area contributed by atoms with Crippen LogP contribution in [0.2, 0.25) is 5.15 Å².